The van der Waals surface area contributed by atoms with Crippen molar-refractivity contribution in [1.82, 2.24) is 5.32 Å². The molecule has 20 heavy (non-hydrogen) atoms. The summed E-state index contributed by atoms with van der Waals surface area (Å²) in [5, 5.41) is 14.0. The van der Waals surface area contributed by atoms with Crippen LogP contribution in [0.25, 0.3) is 0 Å². The van der Waals surface area contributed by atoms with E-state index in [0.717, 1.165) is 31.2 Å². The molecule has 1 saturated heterocycles. The fourth-order valence-electron chi connectivity index (χ4n) is 3.79. The van der Waals surface area contributed by atoms with Crippen LogP contribution in [0.15, 0.2) is 18.2 Å². The highest BCUT2D eigenvalue weighted by Gasteiger charge is 2.50. The van der Waals surface area contributed by atoms with Gasteiger partial charge in [-0.2, -0.15) is 0 Å². The van der Waals surface area contributed by atoms with E-state index in [2.05, 4.69) is 5.32 Å². The standard InChI is InChI=1S/C15H17Cl2NO2/c16-11-4-3-9(7-12(11)17)15(5-1-2-6-15)10-8-18-14(20)13(10)19/h3-4,7,10,13,19H,1-2,5-6,8H2,(H,18,20)/t10-,13-/m0/s1. The Bertz CT molecular complexity index is 541. The number of hydrogen-bond acceptors (Lipinski definition) is 2. The molecule has 2 N–H and O–H groups in total. The van der Waals surface area contributed by atoms with Crippen molar-refractivity contribution >= 4 is 29.1 Å². The van der Waals surface area contributed by atoms with Gasteiger partial charge in [-0.25, -0.2) is 0 Å². The molecule has 2 aliphatic rings. The molecule has 3 nitrogen and oxygen atoms in total. The molecule has 1 aliphatic carbocycles. The average Bonchev–Trinajstić information content (AvgIpc) is 3.03. The summed E-state index contributed by atoms with van der Waals surface area (Å²) < 4.78 is 0. The van der Waals surface area contributed by atoms with E-state index in [1.807, 2.05) is 12.1 Å². The first-order chi connectivity index (χ1) is 9.54. The fourth-order valence-corrected chi connectivity index (χ4v) is 4.09. The van der Waals surface area contributed by atoms with E-state index in [1.54, 1.807) is 6.07 Å². The van der Waals surface area contributed by atoms with Crippen LogP contribution in [-0.2, 0) is 10.2 Å². The van der Waals surface area contributed by atoms with Crippen LogP contribution in [0.2, 0.25) is 10.0 Å². The van der Waals surface area contributed by atoms with E-state index in [1.165, 1.54) is 0 Å². The Morgan fingerprint density at radius 3 is 2.45 bits per heavy atom. The predicted molar refractivity (Wildman–Crippen MR) is 79.1 cm³/mol. The molecule has 1 aromatic rings. The summed E-state index contributed by atoms with van der Waals surface area (Å²) in [4.78, 5) is 11.6. The summed E-state index contributed by atoms with van der Waals surface area (Å²) >= 11 is 12.1. The van der Waals surface area contributed by atoms with Crippen molar-refractivity contribution in [3.05, 3.63) is 33.8 Å². The number of benzene rings is 1. The van der Waals surface area contributed by atoms with Gasteiger partial charge in [0.1, 0.15) is 6.10 Å². The van der Waals surface area contributed by atoms with E-state index < -0.39 is 6.10 Å². The van der Waals surface area contributed by atoms with Gasteiger partial charge in [0.05, 0.1) is 10.0 Å². The van der Waals surface area contributed by atoms with Gasteiger partial charge in [-0.05, 0) is 30.5 Å². The minimum absolute atomic E-state index is 0.0882. The highest BCUT2D eigenvalue weighted by Crippen LogP contribution is 2.49. The molecular weight excluding hydrogens is 297 g/mol. The molecule has 2 fully saturated rings. The maximum atomic E-state index is 11.6. The monoisotopic (exact) mass is 313 g/mol. The minimum atomic E-state index is -0.928. The molecule has 1 amide bonds. The lowest BCUT2D eigenvalue weighted by Gasteiger charge is -2.37. The Morgan fingerprint density at radius 1 is 1.20 bits per heavy atom. The summed E-state index contributed by atoms with van der Waals surface area (Å²) in [6, 6.07) is 5.68. The summed E-state index contributed by atoms with van der Waals surface area (Å²) in [6.07, 6.45) is 3.24. The zero-order valence-corrected chi connectivity index (χ0v) is 12.5. The second-order valence-corrected chi connectivity index (χ2v) is 6.60. The Hall–Kier alpha value is -0.770. The fraction of sp³-hybridized carbons (Fsp3) is 0.533. The van der Waals surface area contributed by atoms with Crippen molar-refractivity contribution in [1.29, 1.82) is 0 Å². The molecule has 2 atom stereocenters. The molecular formula is C15H17Cl2NO2. The second-order valence-electron chi connectivity index (χ2n) is 5.79. The van der Waals surface area contributed by atoms with Gasteiger partial charge in [-0.15, -0.1) is 0 Å². The highest BCUT2D eigenvalue weighted by atomic mass is 35.5. The van der Waals surface area contributed by atoms with Crippen LogP contribution in [0.3, 0.4) is 0 Å². The topological polar surface area (TPSA) is 49.3 Å². The molecule has 0 radical (unpaired) electrons. The third kappa shape index (κ3) is 2.12. The highest BCUT2D eigenvalue weighted by molar-refractivity contribution is 6.42. The van der Waals surface area contributed by atoms with Gasteiger partial charge >= 0.3 is 0 Å². The predicted octanol–water partition coefficient (Wildman–Crippen LogP) is 2.91. The van der Waals surface area contributed by atoms with Gasteiger partial charge < -0.3 is 10.4 Å². The van der Waals surface area contributed by atoms with Gasteiger partial charge in [-0.1, -0.05) is 42.1 Å². The number of carbonyl (C=O) groups excluding carboxylic acids is 1. The largest absolute Gasteiger partial charge is 0.383 e. The van der Waals surface area contributed by atoms with E-state index in [4.69, 9.17) is 23.2 Å². The van der Waals surface area contributed by atoms with Gasteiger partial charge in [-0.3, -0.25) is 4.79 Å². The van der Waals surface area contributed by atoms with Gasteiger partial charge in [0.2, 0.25) is 5.91 Å². The van der Waals surface area contributed by atoms with E-state index in [9.17, 15) is 9.90 Å². The molecule has 0 bridgehead atoms. The summed E-state index contributed by atoms with van der Waals surface area (Å²) in [5.41, 5.74) is 0.914. The van der Waals surface area contributed by atoms with Crippen LogP contribution in [0.1, 0.15) is 31.2 Å². The van der Waals surface area contributed by atoms with E-state index in [0.29, 0.717) is 16.6 Å². The van der Waals surface area contributed by atoms with Gasteiger partial charge in [0.15, 0.2) is 0 Å². The van der Waals surface area contributed by atoms with Crippen LogP contribution in [0.4, 0.5) is 0 Å². The van der Waals surface area contributed by atoms with Crippen molar-refractivity contribution in [2.24, 2.45) is 5.92 Å². The number of hydrogen-bond donors (Lipinski definition) is 2. The summed E-state index contributed by atoms with van der Waals surface area (Å²) in [7, 11) is 0. The van der Waals surface area contributed by atoms with E-state index >= 15 is 0 Å². The molecule has 0 spiro atoms. The molecule has 1 saturated carbocycles. The normalized spacial score (nSPS) is 28.6. The smallest absolute Gasteiger partial charge is 0.249 e. The Kier molecular flexibility index (Phi) is 3.69. The van der Waals surface area contributed by atoms with Crippen molar-refractivity contribution in [3.8, 4) is 0 Å². The zero-order chi connectivity index (χ0) is 14.3. The second kappa shape index (κ2) is 5.21. The number of aliphatic hydroxyl groups excluding tert-OH is 1. The van der Waals surface area contributed by atoms with E-state index in [-0.39, 0.29) is 17.2 Å². The SMILES string of the molecule is O=C1NC[C@H](C2(c3ccc(Cl)c(Cl)c3)CCCC2)[C@@H]1O. The first kappa shape index (κ1) is 14.2. The molecule has 1 heterocycles. The Labute approximate surface area is 128 Å². The van der Waals surface area contributed by atoms with Crippen molar-refractivity contribution in [2.45, 2.75) is 37.2 Å². The van der Waals surface area contributed by atoms with Crippen LogP contribution in [0, 0.1) is 5.92 Å². The number of amides is 1. The molecule has 108 valence electrons. The number of nitrogens with one attached hydrogen (secondary N) is 1. The number of carbonyl (C=O) groups is 1. The maximum absolute atomic E-state index is 11.6. The lowest BCUT2D eigenvalue weighted by Crippen LogP contribution is -2.40. The summed E-state index contributed by atoms with van der Waals surface area (Å²) in [6.45, 7) is 0.528. The number of aliphatic hydroxyl groups is 1. The first-order valence-electron chi connectivity index (χ1n) is 6.96. The molecule has 1 aromatic carbocycles. The minimum Gasteiger partial charge on any atom is -0.383 e. The van der Waals surface area contributed by atoms with Crippen molar-refractivity contribution in [3.63, 3.8) is 0 Å². The van der Waals surface area contributed by atoms with Crippen LogP contribution >= 0.6 is 23.2 Å². The van der Waals surface area contributed by atoms with Crippen LogP contribution in [-0.4, -0.2) is 23.7 Å². The molecule has 5 heteroatoms. The van der Waals surface area contributed by atoms with Crippen LogP contribution < -0.4 is 5.32 Å². The lowest BCUT2D eigenvalue weighted by atomic mass is 9.67. The number of halogens is 2. The van der Waals surface area contributed by atoms with Crippen LogP contribution in [0.5, 0.6) is 0 Å². The molecule has 1 aliphatic heterocycles. The lowest BCUT2D eigenvalue weighted by molar-refractivity contribution is -0.127. The molecule has 0 aromatic heterocycles. The average molecular weight is 314 g/mol. The quantitative estimate of drug-likeness (QED) is 0.882. The molecule has 3 rings (SSSR count). The van der Waals surface area contributed by atoms with Crippen molar-refractivity contribution < 1.29 is 9.90 Å². The van der Waals surface area contributed by atoms with Gasteiger partial charge in [0.25, 0.3) is 0 Å². The third-order valence-corrected chi connectivity index (χ3v) is 5.59. The Balaban J connectivity index is 2.03. The zero-order valence-electron chi connectivity index (χ0n) is 11.0. The maximum Gasteiger partial charge on any atom is 0.249 e. The van der Waals surface area contributed by atoms with Gasteiger partial charge in [0, 0.05) is 17.9 Å². The summed E-state index contributed by atoms with van der Waals surface area (Å²) in [5.74, 6) is -0.351. The Morgan fingerprint density at radius 2 is 1.90 bits per heavy atom. The molecule has 0 unspecified atom stereocenters. The third-order valence-electron chi connectivity index (χ3n) is 4.85. The number of rotatable bonds is 2. The first-order valence-corrected chi connectivity index (χ1v) is 7.71. The van der Waals surface area contributed by atoms with Crippen molar-refractivity contribution in [2.75, 3.05) is 6.54 Å².